The first-order valence-corrected chi connectivity index (χ1v) is 9.20. The molecule has 1 aliphatic rings. The number of nitrogens with one attached hydrogen (secondary N) is 1. The van der Waals surface area contributed by atoms with E-state index in [2.05, 4.69) is 27.4 Å². The highest BCUT2D eigenvalue weighted by molar-refractivity contribution is 6.31. The first kappa shape index (κ1) is 18.0. The highest BCUT2D eigenvalue weighted by Gasteiger charge is 2.27. The van der Waals surface area contributed by atoms with Crippen molar-refractivity contribution < 1.29 is 4.79 Å². The first-order chi connectivity index (χ1) is 12.0. The molecule has 134 valence electrons. The Morgan fingerprint density at radius 1 is 1.28 bits per heavy atom. The van der Waals surface area contributed by atoms with Crippen molar-refractivity contribution in [3.8, 4) is 0 Å². The fraction of sp³-hybridized carbons (Fsp3) is 0.474. The van der Waals surface area contributed by atoms with Crippen LogP contribution in [-0.2, 0) is 18.4 Å². The second-order valence-corrected chi connectivity index (χ2v) is 7.12. The average Bonchev–Trinajstić information content (AvgIpc) is 2.77. The van der Waals surface area contributed by atoms with Crippen LogP contribution >= 0.6 is 11.6 Å². The van der Waals surface area contributed by atoms with E-state index < -0.39 is 0 Å². The maximum absolute atomic E-state index is 11.2. The summed E-state index contributed by atoms with van der Waals surface area (Å²) < 4.78 is 1.91. The molecular formula is C19H25ClN4O. The van der Waals surface area contributed by atoms with Gasteiger partial charge in [0.25, 0.3) is 0 Å². The molecule has 0 spiro atoms. The Hall–Kier alpha value is -1.85. The Balaban J connectivity index is 1.79. The summed E-state index contributed by atoms with van der Waals surface area (Å²) in [6, 6.07) is 8.37. The molecule has 1 N–H and O–H groups in total. The van der Waals surface area contributed by atoms with E-state index in [1.54, 1.807) is 6.20 Å². The largest absolute Gasteiger partial charge is 0.326 e. The number of benzene rings is 1. The number of hydrogen-bond acceptors (Lipinski definition) is 3. The number of carbonyl (C=O) groups is 1. The topological polar surface area (TPSA) is 50.2 Å². The number of halogens is 1. The van der Waals surface area contributed by atoms with Crippen molar-refractivity contribution in [2.75, 3.05) is 11.9 Å². The van der Waals surface area contributed by atoms with Crippen LogP contribution in [-0.4, -0.2) is 27.1 Å². The predicted molar refractivity (Wildman–Crippen MR) is 101 cm³/mol. The van der Waals surface area contributed by atoms with Gasteiger partial charge in [-0.1, -0.05) is 36.6 Å². The van der Waals surface area contributed by atoms with E-state index in [-0.39, 0.29) is 11.9 Å². The maximum Gasteiger partial charge on any atom is 0.221 e. The third-order valence-corrected chi connectivity index (χ3v) is 5.07. The van der Waals surface area contributed by atoms with Crippen LogP contribution in [0.4, 0.5) is 5.69 Å². The molecule has 2 heterocycles. The number of amides is 1. The van der Waals surface area contributed by atoms with Crippen molar-refractivity contribution in [3.63, 3.8) is 0 Å². The summed E-state index contributed by atoms with van der Waals surface area (Å²) in [6.45, 7) is 3.44. The summed E-state index contributed by atoms with van der Waals surface area (Å²) in [6.07, 6.45) is 6.51. The van der Waals surface area contributed by atoms with Crippen LogP contribution in [0, 0.1) is 0 Å². The third-order valence-electron chi connectivity index (χ3n) is 4.78. The molecule has 3 rings (SSSR count). The van der Waals surface area contributed by atoms with Gasteiger partial charge in [-0.2, -0.15) is 5.10 Å². The molecule has 25 heavy (non-hydrogen) atoms. The number of rotatable bonds is 4. The fourth-order valence-electron chi connectivity index (χ4n) is 3.59. The Kier molecular flexibility index (Phi) is 5.76. The normalized spacial score (nSPS) is 18.8. The van der Waals surface area contributed by atoms with Gasteiger partial charge in [-0.05, 0) is 37.1 Å². The quantitative estimate of drug-likeness (QED) is 0.891. The van der Waals surface area contributed by atoms with Gasteiger partial charge in [0.2, 0.25) is 5.91 Å². The smallest absolute Gasteiger partial charge is 0.221 e. The van der Waals surface area contributed by atoms with Crippen molar-refractivity contribution in [2.45, 2.75) is 45.2 Å². The van der Waals surface area contributed by atoms with Crippen LogP contribution in [0.2, 0.25) is 5.02 Å². The van der Waals surface area contributed by atoms with Gasteiger partial charge in [-0.15, -0.1) is 0 Å². The third kappa shape index (κ3) is 4.41. The van der Waals surface area contributed by atoms with Crippen LogP contribution in [0.1, 0.15) is 49.9 Å². The second-order valence-electron chi connectivity index (χ2n) is 6.72. The van der Waals surface area contributed by atoms with Gasteiger partial charge in [0.05, 0.1) is 23.0 Å². The van der Waals surface area contributed by atoms with Crippen LogP contribution in [0.25, 0.3) is 0 Å². The molecule has 0 radical (unpaired) electrons. The summed E-state index contributed by atoms with van der Waals surface area (Å²) in [7, 11) is 1.96. The lowest BCUT2D eigenvalue weighted by molar-refractivity contribution is -0.114. The number of hydrogen-bond donors (Lipinski definition) is 1. The molecular weight excluding hydrogens is 336 g/mol. The molecule has 1 aromatic carbocycles. The monoisotopic (exact) mass is 360 g/mol. The van der Waals surface area contributed by atoms with Crippen LogP contribution in [0.15, 0.2) is 30.5 Å². The number of carbonyl (C=O) groups excluding carboxylic acids is 1. The molecule has 1 unspecified atom stereocenters. The summed E-state index contributed by atoms with van der Waals surface area (Å²) in [5.41, 5.74) is 3.18. The Bertz CT molecular complexity index is 706. The van der Waals surface area contributed by atoms with E-state index >= 15 is 0 Å². The Labute approximate surface area is 154 Å². The lowest BCUT2D eigenvalue weighted by atomic mass is 10.1. The number of likely N-dealkylation sites (tertiary alicyclic amines) is 1. The SMILES string of the molecule is CC(=O)Nc1ccc(CN2CCCCCC2c2c(Cl)cnn2C)cc1. The van der Waals surface area contributed by atoms with Gasteiger partial charge >= 0.3 is 0 Å². The van der Waals surface area contributed by atoms with E-state index in [0.29, 0.717) is 0 Å². The lowest BCUT2D eigenvalue weighted by Crippen LogP contribution is -2.29. The molecule has 0 aliphatic carbocycles. The average molecular weight is 361 g/mol. The summed E-state index contributed by atoms with van der Waals surface area (Å²) in [5.74, 6) is -0.0498. The van der Waals surface area contributed by atoms with E-state index in [9.17, 15) is 4.79 Å². The highest BCUT2D eigenvalue weighted by atomic mass is 35.5. The van der Waals surface area contributed by atoms with Gasteiger partial charge in [-0.25, -0.2) is 0 Å². The first-order valence-electron chi connectivity index (χ1n) is 8.82. The Morgan fingerprint density at radius 2 is 2.04 bits per heavy atom. The molecule has 6 heteroatoms. The molecule has 1 aliphatic heterocycles. The van der Waals surface area contributed by atoms with Gasteiger partial charge in [-0.3, -0.25) is 14.4 Å². The lowest BCUT2D eigenvalue weighted by Gasteiger charge is -2.30. The maximum atomic E-state index is 11.2. The van der Waals surface area contributed by atoms with E-state index in [0.717, 1.165) is 35.9 Å². The predicted octanol–water partition coefficient (Wildman–Crippen LogP) is 4.15. The molecule has 1 saturated heterocycles. The molecule has 1 atom stereocenters. The zero-order valence-corrected chi connectivity index (χ0v) is 15.6. The van der Waals surface area contributed by atoms with Crippen LogP contribution < -0.4 is 5.32 Å². The minimum absolute atomic E-state index is 0.0498. The van der Waals surface area contributed by atoms with Gasteiger partial charge in [0.15, 0.2) is 0 Å². The molecule has 0 bridgehead atoms. The molecule has 2 aromatic rings. The molecule has 1 amide bonds. The summed E-state index contributed by atoms with van der Waals surface area (Å²) >= 11 is 6.42. The summed E-state index contributed by atoms with van der Waals surface area (Å²) in [5, 5.41) is 7.88. The highest BCUT2D eigenvalue weighted by Crippen LogP contribution is 2.34. The number of nitrogens with zero attached hydrogens (tertiary/aromatic N) is 3. The fourth-order valence-corrected chi connectivity index (χ4v) is 3.88. The van der Waals surface area contributed by atoms with Crippen molar-refractivity contribution in [1.29, 1.82) is 0 Å². The van der Waals surface area contributed by atoms with Gasteiger partial charge in [0.1, 0.15) is 0 Å². The van der Waals surface area contributed by atoms with E-state index in [1.807, 2.05) is 23.9 Å². The zero-order valence-electron chi connectivity index (χ0n) is 14.8. The van der Waals surface area contributed by atoms with Gasteiger partial charge < -0.3 is 5.32 Å². The second kappa shape index (κ2) is 8.02. The van der Waals surface area contributed by atoms with Gasteiger partial charge in [0, 0.05) is 26.2 Å². The number of aromatic nitrogens is 2. The molecule has 1 aromatic heterocycles. The minimum Gasteiger partial charge on any atom is -0.326 e. The van der Waals surface area contributed by atoms with Crippen molar-refractivity contribution in [3.05, 3.63) is 46.7 Å². The minimum atomic E-state index is -0.0498. The van der Waals surface area contributed by atoms with Crippen LogP contribution in [0.3, 0.4) is 0 Å². The standard InChI is InChI=1S/C19H25ClN4O/c1-14(25)22-16-9-7-15(8-10-16)13-24-11-5-3-4-6-18(24)19-17(20)12-21-23(19)2/h7-10,12,18H,3-6,11,13H2,1-2H3,(H,22,25). The van der Waals surface area contributed by atoms with E-state index in [1.165, 1.54) is 31.7 Å². The zero-order chi connectivity index (χ0) is 17.8. The van der Waals surface area contributed by atoms with Crippen LogP contribution in [0.5, 0.6) is 0 Å². The number of anilines is 1. The molecule has 1 fully saturated rings. The molecule has 0 saturated carbocycles. The van der Waals surface area contributed by atoms with Crippen molar-refractivity contribution >= 4 is 23.2 Å². The van der Waals surface area contributed by atoms with Crippen molar-refractivity contribution in [2.24, 2.45) is 7.05 Å². The Morgan fingerprint density at radius 3 is 2.68 bits per heavy atom. The van der Waals surface area contributed by atoms with E-state index in [4.69, 9.17) is 11.6 Å². The summed E-state index contributed by atoms with van der Waals surface area (Å²) in [4.78, 5) is 13.7. The van der Waals surface area contributed by atoms with Crippen molar-refractivity contribution in [1.82, 2.24) is 14.7 Å². The molecule has 5 nitrogen and oxygen atoms in total. The number of aryl methyl sites for hydroxylation is 1.